The first kappa shape index (κ1) is 19.0. The Hall–Kier alpha value is -2.32. The minimum atomic E-state index is -4.50. The summed E-state index contributed by atoms with van der Waals surface area (Å²) in [7, 11) is 0. The van der Waals surface area contributed by atoms with E-state index >= 15 is 0 Å². The van der Waals surface area contributed by atoms with Crippen molar-refractivity contribution < 1.29 is 22.8 Å². The number of nitrogens with zero attached hydrogens (tertiary/aromatic N) is 3. The van der Waals surface area contributed by atoms with E-state index in [2.05, 4.69) is 10.3 Å². The van der Waals surface area contributed by atoms with E-state index in [1.807, 2.05) is 0 Å². The maximum Gasteiger partial charge on any atom is 0.419 e. The van der Waals surface area contributed by atoms with Crippen molar-refractivity contribution in [1.82, 2.24) is 15.2 Å². The topological polar surface area (TPSA) is 65.5 Å². The van der Waals surface area contributed by atoms with E-state index in [0.29, 0.717) is 45.3 Å². The fraction of sp³-hybridized carbons (Fsp3) is 0.632. The first-order valence-corrected chi connectivity index (χ1v) is 9.70. The Morgan fingerprint density at radius 1 is 1.25 bits per heavy atom. The number of carbonyl (C=O) groups is 2. The Balaban J connectivity index is 1.55. The minimum absolute atomic E-state index is 0.102. The molecule has 2 saturated heterocycles. The number of anilines is 1. The van der Waals surface area contributed by atoms with Crippen LogP contribution in [0.4, 0.5) is 19.0 Å². The van der Waals surface area contributed by atoms with Gasteiger partial charge < -0.3 is 15.1 Å². The largest absolute Gasteiger partial charge is 0.419 e. The third-order valence-corrected chi connectivity index (χ3v) is 6.17. The molecule has 9 heteroatoms. The zero-order chi connectivity index (χ0) is 19.9. The number of nitrogens with one attached hydrogen (secondary N) is 1. The van der Waals surface area contributed by atoms with E-state index in [1.165, 1.54) is 12.3 Å². The van der Waals surface area contributed by atoms with Gasteiger partial charge >= 0.3 is 6.18 Å². The summed E-state index contributed by atoms with van der Waals surface area (Å²) in [5, 5.41) is 2.84. The molecule has 1 aliphatic carbocycles. The van der Waals surface area contributed by atoms with Gasteiger partial charge in [-0.15, -0.1) is 0 Å². The van der Waals surface area contributed by atoms with E-state index in [4.69, 9.17) is 0 Å². The first-order valence-electron chi connectivity index (χ1n) is 9.70. The zero-order valence-corrected chi connectivity index (χ0v) is 15.5. The summed E-state index contributed by atoms with van der Waals surface area (Å²) in [6, 6.07) is 2.29. The first-order chi connectivity index (χ1) is 13.3. The Kier molecular flexibility index (Phi) is 4.71. The number of halogens is 3. The van der Waals surface area contributed by atoms with Crippen molar-refractivity contribution in [2.45, 2.75) is 43.8 Å². The second kappa shape index (κ2) is 6.93. The maximum atomic E-state index is 13.4. The van der Waals surface area contributed by atoms with Crippen LogP contribution in [0.15, 0.2) is 18.3 Å². The average molecular weight is 396 g/mol. The summed E-state index contributed by atoms with van der Waals surface area (Å²) < 4.78 is 40.1. The molecule has 3 aliphatic rings. The van der Waals surface area contributed by atoms with E-state index in [0.717, 1.165) is 12.5 Å². The molecule has 3 fully saturated rings. The predicted octanol–water partition coefficient (Wildman–Crippen LogP) is 2.20. The molecule has 0 radical (unpaired) electrons. The SMILES string of the molecule is O=C(C1CCCN(c2ncccc2C(F)(F)F)C1)N1CCNC(=O)C12CCC2. The van der Waals surface area contributed by atoms with Crippen molar-refractivity contribution in [3.8, 4) is 0 Å². The summed E-state index contributed by atoms with van der Waals surface area (Å²) in [6.07, 6.45) is 0.265. The molecule has 1 saturated carbocycles. The van der Waals surface area contributed by atoms with Gasteiger partial charge in [-0.2, -0.15) is 13.2 Å². The number of alkyl halides is 3. The van der Waals surface area contributed by atoms with Crippen molar-refractivity contribution in [2.75, 3.05) is 31.1 Å². The molecule has 1 aromatic heterocycles. The Bertz CT molecular complexity index is 779. The highest BCUT2D eigenvalue weighted by Gasteiger charge is 2.53. The van der Waals surface area contributed by atoms with Gasteiger partial charge in [0.05, 0.1) is 11.5 Å². The van der Waals surface area contributed by atoms with E-state index in [-0.39, 0.29) is 24.2 Å². The van der Waals surface area contributed by atoms with Crippen molar-refractivity contribution in [2.24, 2.45) is 5.92 Å². The van der Waals surface area contributed by atoms with Gasteiger partial charge in [0.1, 0.15) is 11.4 Å². The summed E-state index contributed by atoms with van der Waals surface area (Å²) in [6.45, 7) is 1.49. The van der Waals surface area contributed by atoms with Crippen LogP contribution in [0, 0.1) is 5.92 Å². The lowest BCUT2D eigenvalue weighted by Crippen LogP contribution is -2.70. The second-order valence-electron chi connectivity index (χ2n) is 7.79. The van der Waals surface area contributed by atoms with Crippen molar-refractivity contribution in [1.29, 1.82) is 0 Å². The fourth-order valence-corrected chi connectivity index (χ4v) is 4.57. The lowest BCUT2D eigenvalue weighted by atomic mass is 9.72. The number of rotatable bonds is 2. The van der Waals surface area contributed by atoms with Crippen LogP contribution in [-0.2, 0) is 15.8 Å². The number of aromatic nitrogens is 1. The molecule has 1 N–H and O–H groups in total. The molecule has 1 spiro atoms. The van der Waals surface area contributed by atoms with Crippen LogP contribution < -0.4 is 10.2 Å². The van der Waals surface area contributed by atoms with Crippen LogP contribution in [0.25, 0.3) is 0 Å². The fourth-order valence-electron chi connectivity index (χ4n) is 4.57. The Labute approximate surface area is 161 Å². The molecule has 2 aliphatic heterocycles. The summed E-state index contributed by atoms with van der Waals surface area (Å²) >= 11 is 0. The van der Waals surface area contributed by atoms with E-state index in [9.17, 15) is 22.8 Å². The van der Waals surface area contributed by atoms with E-state index in [1.54, 1.807) is 9.80 Å². The van der Waals surface area contributed by atoms with Crippen molar-refractivity contribution >= 4 is 17.6 Å². The Morgan fingerprint density at radius 2 is 2.04 bits per heavy atom. The van der Waals surface area contributed by atoms with Crippen LogP contribution in [0.1, 0.15) is 37.7 Å². The minimum Gasteiger partial charge on any atom is -0.355 e. The van der Waals surface area contributed by atoms with Crippen LogP contribution in [0.2, 0.25) is 0 Å². The van der Waals surface area contributed by atoms with Gasteiger partial charge in [-0.1, -0.05) is 0 Å². The second-order valence-corrected chi connectivity index (χ2v) is 7.79. The van der Waals surface area contributed by atoms with Crippen LogP contribution in [-0.4, -0.2) is 53.4 Å². The van der Waals surface area contributed by atoms with Crippen LogP contribution in [0.5, 0.6) is 0 Å². The van der Waals surface area contributed by atoms with Crippen molar-refractivity contribution in [3.05, 3.63) is 23.9 Å². The van der Waals surface area contributed by atoms with Gasteiger partial charge in [-0.25, -0.2) is 4.98 Å². The molecule has 28 heavy (non-hydrogen) atoms. The molecule has 2 amide bonds. The molecule has 1 aromatic rings. The Morgan fingerprint density at radius 3 is 2.71 bits per heavy atom. The lowest BCUT2D eigenvalue weighted by molar-refractivity contribution is -0.160. The standard InChI is InChI=1S/C19H23F3N4O2/c20-19(21,22)14-5-1-8-23-15(14)25-10-2-4-13(12-25)16(27)26-11-9-24-17(28)18(26)6-3-7-18/h1,5,8,13H,2-4,6-7,9-12H2,(H,24,28). The summed E-state index contributed by atoms with van der Waals surface area (Å²) in [5.74, 6) is -0.777. The van der Waals surface area contributed by atoms with Crippen molar-refractivity contribution in [3.63, 3.8) is 0 Å². The molecule has 3 heterocycles. The van der Waals surface area contributed by atoms with Crippen LogP contribution in [0.3, 0.4) is 0 Å². The normalized spacial score (nSPS) is 24.7. The third kappa shape index (κ3) is 3.10. The number of pyridine rings is 1. The number of piperazine rings is 1. The number of hydrogen-bond acceptors (Lipinski definition) is 4. The molecule has 0 bridgehead atoms. The maximum absolute atomic E-state index is 13.4. The monoisotopic (exact) mass is 396 g/mol. The molecule has 152 valence electrons. The zero-order valence-electron chi connectivity index (χ0n) is 15.5. The highest BCUT2D eigenvalue weighted by molar-refractivity contribution is 5.94. The number of hydrogen-bond donors (Lipinski definition) is 1. The van der Waals surface area contributed by atoms with E-state index < -0.39 is 23.2 Å². The molecule has 1 atom stereocenters. The van der Waals surface area contributed by atoms with Crippen LogP contribution >= 0.6 is 0 Å². The van der Waals surface area contributed by atoms with Gasteiger partial charge in [0.15, 0.2) is 0 Å². The molecular weight excluding hydrogens is 373 g/mol. The van der Waals surface area contributed by atoms with Gasteiger partial charge in [-0.3, -0.25) is 9.59 Å². The quantitative estimate of drug-likeness (QED) is 0.833. The summed E-state index contributed by atoms with van der Waals surface area (Å²) in [4.78, 5) is 32.8. The summed E-state index contributed by atoms with van der Waals surface area (Å²) in [5.41, 5.74) is -1.53. The number of amides is 2. The number of carbonyl (C=O) groups excluding carboxylic acids is 2. The molecule has 4 rings (SSSR count). The van der Waals surface area contributed by atoms with Gasteiger partial charge in [0.2, 0.25) is 11.8 Å². The number of piperidine rings is 1. The smallest absolute Gasteiger partial charge is 0.355 e. The molecule has 0 aromatic carbocycles. The lowest BCUT2D eigenvalue weighted by Gasteiger charge is -2.52. The van der Waals surface area contributed by atoms with Gasteiger partial charge in [0.25, 0.3) is 0 Å². The average Bonchev–Trinajstić information content (AvgIpc) is 2.65. The van der Waals surface area contributed by atoms with Gasteiger partial charge in [0, 0.05) is 32.4 Å². The highest BCUT2D eigenvalue weighted by atomic mass is 19.4. The molecule has 6 nitrogen and oxygen atoms in total. The molecular formula is C19H23F3N4O2. The highest BCUT2D eigenvalue weighted by Crippen LogP contribution is 2.41. The predicted molar refractivity (Wildman–Crippen MR) is 95.5 cm³/mol. The molecule has 1 unspecified atom stereocenters. The van der Waals surface area contributed by atoms with Gasteiger partial charge in [-0.05, 0) is 44.2 Å². The third-order valence-electron chi connectivity index (χ3n) is 6.17.